The van der Waals surface area contributed by atoms with Crippen LogP contribution in [0.1, 0.15) is 19.0 Å². The Kier molecular flexibility index (Phi) is 8.02. The normalized spacial score (nSPS) is 24.6. The first-order chi connectivity index (χ1) is 17.2. The first-order valence-corrected chi connectivity index (χ1v) is 13.7. The Bertz CT molecular complexity index is 1180. The van der Waals surface area contributed by atoms with Gasteiger partial charge in [-0.05, 0) is 37.1 Å². The average molecular weight is 553 g/mol. The van der Waals surface area contributed by atoms with Crippen LogP contribution in [0.3, 0.4) is 0 Å². The van der Waals surface area contributed by atoms with Crippen molar-refractivity contribution in [3.05, 3.63) is 33.8 Å². The van der Waals surface area contributed by atoms with Gasteiger partial charge in [-0.25, -0.2) is 14.6 Å². The van der Waals surface area contributed by atoms with Gasteiger partial charge in [0.2, 0.25) is 0 Å². The van der Waals surface area contributed by atoms with E-state index in [1.54, 1.807) is 17.8 Å². The van der Waals surface area contributed by atoms with Crippen molar-refractivity contribution in [3.8, 4) is 0 Å². The van der Waals surface area contributed by atoms with E-state index in [-0.39, 0.29) is 22.2 Å². The average Bonchev–Trinajstić information content (AvgIpc) is 3.44. The molecule has 0 spiro atoms. The zero-order valence-corrected chi connectivity index (χ0v) is 21.8. The molecular formula is C21H24N6O6S3. The van der Waals surface area contributed by atoms with E-state index in [1.807, 2.05) is 5.41 Å². The number of rotatable bonds is 8. The number of carboxylic acid groups (broad SMARTS) is 1. The smallest absolute Gasteiger partial charge is 0.352 e. The Labute approximate surface area is 219 Å². The molecule has 12 nitrogen and oxygen atoms in total. The number of nitrogen functional groups attached to an aromatic ring is 1. The molecule has 1 aromatic rings. The first kappa shape index (κ1) is 26.2. The van der Waals surface area contributed by atoms with E-state index in [2.05, 4.69) is 32.2 Å². The molecule has 0 aromatic carbocycles. The van der Waals surface area contributed by atoms with Crippen molar-refractivity contribution in [2.45, 2.75) is 30.0 Å². The fourth-order valence-corrected chi connectivity index (χ4v) is 6.84. The SMILES string of the molecule is CC(=O)ON=C(C(=O)N[C@@H]1C(=O)N2C(C(=O)O)=C(/C=C/S[C@H]3CCN(C)C3)CS[C@H]12)c1csc(N)n1. The molecule has 3 atom stereocenters. The maximum Gasteiger partial charge on any atom is 0.352 e. The number of amides is 2. The number of likely N-dealkylation sites (tertiary alicyclic amines) is 1. The zero-order valence-electron chi connectivity index (χ0n) is 19.4. The Morgan fingerprint density at radius 3 is 2.81 bits per heavy atom. The molecule has 2 amide bonds. The number of carboxylic acids is 1. The molecular weight excluding hydrogens is 528 g/mol. The van der Waals surface area contributed by atoms with E-state index in [4.69, 9.17) is 5.73 Å². The van der Waals surface area contributed by atoms with Crippen molar-refractivity contribution in [3.63, 3.8) is 0 Å². The van der Waals surface area contributed by atoms with E-state index in [1.165, 1.54) is 22.0 Å². The summed E-state index contributed by atoms with van der Waals surface area (Å²) in [6.45, 7) is 3.13. The number of oxime groups is 1. The summed E-state index contributed by atoms with van der Waals surface area (Å²) in [7, 11) is 2.06. The summed E-state index contributed by atoms with van der Waals surface area (Å²) in [4.78, 5) is 61.2. The molecule has 15 heteroatoms. The number of anilines is 1. The second kappa shape index (κ2) is 11.0. The highest BCUT2D eigenvalue weighted by molar-refractivity contribution is 8.02. The Morgan fingerprint density at radius 2 is 2.19 bits per heavy atom. The standard InChI is InChI=1S/C21H24N6O6S3/c1-10(28)33-25-14(13-9-36-21(22)23-13)17(29)24-15-18(30)27-16(20(31)32)11(8-35-19(15)27)4-6-34-12-3-5-26(2)7-12/h4,6,9,12,15,19H,3,5,7-8H2,1-2H3,(H2,22,23)(H,24,29)(H,31,32)/b6-4+,25-14?/t12-,15+,19+/m0/s1. The Hall–Kier alpha value is -2.88. The van der Waals surface area contributed by atoms with Gasteiger partial charge in [-0.1, -0.05) is 5.16 Å². The van der Waals surface area contributed by atoms with E-state index in [0.29, 0.717) is 16.6 Å². The Morgan fingerprint density at radius 1 is 1.42 bits per heavy atom. The Balaban J connectivity index is 1.47. The second-order valence-corrected chi connectivity index (χ2v) is 11.5. The van der Waals surface area contributed by atoms with Crippen molar-refractivity contribution in [1.82, 2.24) is 20.1 Å². The quantitative estimate of drug-likeness (QED) is 0.180. The minimum atomic E-state index is -1.21. The van der Waals surface area contributed by atoms with Crippen LogP contribution in [0.2, 0.25) is 0 Å². The number of aliphatic carboxylic acids is 1. The number of hydrogen-bond donors (Lipinski definition) is 3. The molecule has 4 heterocycles. The zero-order chi connectivity index (χ0) is 26.0. The number of carbonyl (C=O) groups is 4. The first-order valence-electron chi connectivity index (χ1n) is 10.8. The lowest BCUT2D eigenvalue weighted by molar-refractivity contribution is -0.150. The summed E-state index contributed by atoms with van der Waals surface area (Å²) >= 11 is 4.07. The van der Waals surface area contributed by atoms with Gasteiger partial charge >= 0.3 is 11.9 Å². The molecule has 2 saturated heterocycles. The van der Waals surface area contributed by atoms with Crippen LogP contribution in [0.15, 0.2) is 33.3 Å². The van der Waals surface area contributed by atoms with Crippen LogP contribution in [-0.2, 0) is 24.0 Å². The van der Waals surface area contributed by atoms with Crippen molar-refractivity contribution < 1.29 is 29.1 Å². The maximum absolute atomic E-state index is 12.9. The van der Waals surface area contributed by atoms with Gasteiger partial charge < -0.3 is 25.9 Å². The largest absolute Gasteiger partial charge is 0.477 e. The molecule has 0 unspecified atom stereocenters. The molecule has 1 aromatic heterocycles. The number of nitrogens with two attached hydrogens (primary N) is 1. The molecule has 192 valence electrons. The number of fused-ring (bicyclic) bond motifs is 1. The van der Waals surface area contributed by atoms with Crippen LogP contribution in [0.5, 0.6) is 0 Å². The number of hydrogen-bond acceptors (Lipinski definition) is 12. The highest BCUT2D eigenvalue weighted by Crippen LogP contribution is 2.41. The van der Waals surface area contributed by atoms with Crippen LogP contribution in [-0.4, -0.2) is 91.9 Å². The molecule has 3 aliphatic heterocycles. The summed E-state index contributed by atoms with van der Waals surface area (Å²) in [5.41, 5.74) is 5.84. The fourth-order valence-electron chi connectivity index (χ4n) is 3.93. The van der Waals surface area contributed by atoms with Crippen LogP contribution in [0.25, 0.3) is 0 Å². The molecule has 3 aliphatic rings. The van der Waals surface area contributed by atoms with Crippen molar-refractivity contribution in [2.75, 3.05) is 31.6 Å². The van der Waals surface area contributed by atoms with Crippen molar-refractivity contribution in [2.24, 2.45) is 5.16 Å². The lowest BCUT2D eigenvalue weighted by atomic mass is 10.0. The van der Waals surface area contributed by atoms with Gasteiger partial charge in [-0.2, -0.15) is 0 Å². The summed E-state index contributed by atoms with van der Waals surface area (Å²) in [5.74, 6) is -2.95. The number of thioether (sulfide) groups is 2. The third kappa shape index (κ3) is 5.58. The third-order valence-corrected chi connectivity index (χ3v) is 8.66. The van der Waals surface area contributed by atoms with Crippen molar-refractivity contribution in [1.29, 1.82) is 0 Å². The van der Waals surface area contributed by atoms with Gasteiger partial charge in [0.1, 0.15) is 22.8 Å². The minimum Gasteiger partial charge on any atom is -0.477 e. The molecule has 0 aliphatic carbocycles. The monoisotopic (exact) mass is 552 g/mol. The number of thiazole rings is 1. The summed E-state index contributed by atoms with van der Waals surface area (Å²) in [6.07, 6.45) is 2.82. The van der Waals surface area contributed by atoms with Crippen LogP contribution in [0.4, 0.5) is 5.13 Å². The van der Waals surface area contributed by atoms with Gasteiger partial charge in [0, 0.05) is 29.9 Å². The molecule has 0 radical (unpaired) electrons. The van der Waals surface area contributed by atoms with Gasteiger partial charge in [0.15, 0.2) is 10.8 Å². The van der Waals surface area contributed by atoms with E-state index in [0.717, 1.165) is 37.8 Å². The van der Waals surface area contributed by atoms with Crippen LogP contribution in [0, 0.1) is 0 Å². The lowest BCUT2D eigenvalue weighted by Crippen LogP contribution is -2.71. The van der Waals surface area contributed by atoms with E-state index >= 15 is 0 Å². The number of nitrogens with one attached hydrogen (secondary N) is 1. The highest BCUT2D eigenvalue weighted by Gasteiger charge is 2.54. The molecule has 0 bridgehead atoms. The highest BCUT2D eigenvalue weighted by atomic mass is 32.2. The molecule has 4 rings (SSSR count). The summed E-state index contributed by atoms with van der Waals surface area (Å²) < 4.78 is 0. The molecule has 4 N–H and O–H groups in total. The van der Waals surface area contributed by atoms with Gasteiger partial charge in [-0.15, -0.1) is 34.9 Å². The number of aromatic nitrogens is 1. The molecule has 2 fully saturated rings. The molecule has 36 heavy (non-hydrogen) atoms. The number of allylic oxidation sites excluding steroid dienone is 1. The van der Waals surface area contributed by atoms with Gasteiger partial charge in [-0.3, -0.25) is 14.5 Å². The minimum absolute atomic E-state index is 0.0840. The van der Waals surface area contributed by atoms with Gasteiger partial charge in [0.05, 0.1) is 0 Å². The lowest BCUT2D eigenvalue weighted by Gasteiger charge is -2.49. The number of carbonyl (C=O) groups excluding carboxylic acids is 3. The van der Waals surface area contributed by atoms with Crippen LogP contribution < -0.4 is 11.1 Å². The maximum atomic E-state index is 12.9. The van der Waals surface area contributed by atoms with Crippen molar-refractivity contribution >= 4 is 69.5 Å². The van der Waals surface area contributed by atoms with E-state index in [9.17, 15) is 24.3 Å². The topological polar surface area (TPSA) is 168 Å². The van der Waals surface area contributed by atoms with Gasteiger partial charge in [0.25, 0.3) is 11.8 Å². The molecule has 0 saturated carbocycles. The third-order valence-electron chi connectivity index (χ3n) is 5.62. The number of nitrogens with zero attached hydrogens (tertiary/aromatic N) is 4. The second-order valence-electron chi connectivity index (χ2n) is 8.25. The van der Waals surface area contributed by atoms with E-state index < -0.39 is 35.2 Å². The fraction of sp³-hybridized carbons (Fsp3) is 0.429. The number of β-lactam (4-membered cyclic amide) rings is 1. The predicted molar refractivity (Wildman–Crippen MR) is 137 cm³/mol. The predicted octanol–water partition coefficient (Wildman–Crippen LogP) is 0.682. The summed E-state index contributed by atoms with van der Waals surface area (Å²) in [5, 5.41) is 19.4. The van der Waals surface area contributed by atoms with Crippen LogP contribution >= 0.6 is 34.9 Å². The summed E-state index contributed by atoms with van der Waals surface area (Å²) in [6, 6.07) is -0.982.